The third-order valence-corrected chi connectivity index (χ3v) is 1.65. The maximum Gasteiger partial charge on any atom is 0.328 e. The molecule has 0 unspecified atom stereocenters. The Morgan fingerprint density at radius 3 is 2.20 bits per heavy atom. The fourth-order valence-corrected chi connectivity index (χ4v) is 0.630. The maximum absolute atomic E-state index is 11.1. The predicted octanol–water partition coefficient (Wildman–Crippen LogP) is -1.11. The molecule has 86 valence electrons. The van der Waals surface area contributed by atoms with E-state index in [1.807, 2.05) is 0 Å². The van der Waals surface area contributed by atoms with Crippen LogP contribution >= 0.6 is 0 Å². The van der Waals surface area contributed by atoms with Gasteiger partial charge in [0.2, 0.25) is 5.91 Å². The summed E-state index contributed by atoms with van der Waals surface area (Å²) < 4.78 is 0. The summed E-state index contributed by atoms with van der Waals surface area (Å²) in [5.41, 5.74) is -1.37. The molecule has 3 amide bonds. The van der Waals surface area contributed by atoms with Crippen molar-refractivity contribution in [2.24, 2.45) is 0 Å². The van der Waals surface area contributed by atoms with Crippen molar-refractivity contribution >= 4 is 17.9 Å². The van der Waals surface area contributed by atoms with Gasteiger partial charge in [-0.3, -0.25) is 4.79 Å². The molecule has 7 heteroatoms. The number of carbonyl (C=O) groups excluding carboxylic acids is 2. The number of aliphatic carboxylic acids is 1. The Morgan fingerprint density at radius 1 is 1.27 bits per heavy atom. The van der Waals surface area contributed by atoms with Crippen molar-refractivity contribution in [1.29, 1.82) is 0 Å². The smallest absolute Gasteiger partial charge is 0.328 e. The molecule has 7 nitrogen and oxygen atoms in total. The molecule has 0 radical (unpaired) electrons. The van der Waals surface area contributed by atoms with Crippen molar-refractivity contribution < 1.29 is 19.5 Å². The fraction of sp³-hybridized carbons (Fsp3) is 0.625. The number of hydrogen-bond acceptors (Lipinski definition) is 3. The third-order valence-electron chi connectivity index (χ3n) is 1.65. The van der Waals surface area contributed by atoms with Crippen molar-refractivity contribution in [2.45, 2.75) is 19.4 Å². The van der Waals surface area contributed by atoms with E-state index in [2.05, 4.69) is 16.0 Å². The molecule has 0 fully saturated rings. The van der Waals surface area contributed by atoms with Crippen LogP contribution in [0.2, 0.25) is 0 Å². The number of urea groups is 1. The summed E-state index contributed by atoms with van der Waals surface area (Å²) in [6.07, 6.45) is 0. The van der Waals surface area contributed by atoms with Crippen LogP contribution in [0.4, 0.5) is 4.79 Å². The molecule has 0 heterocycles. The van der Waals surface area contributed by atoms with Gasteiger partial charge in [0.25, 0.3) is 0 Å². The van der Waals surface area contributed by atoms with Crippen molar-refractivity contribution in [1.82, 2.24) is 16.0 Å². The molecule has 4 N–H and O–H groups in total. The predicted molar refractivity (Wildman–Crippen MR) is 52.3 cm³/mol. The molecule has 0 bridgehead atoms. The molecule has 15 heavy (non-hydrogen) atoms. The summed E-state index contributed by atoms with van der Waals surface area (Å²) in [7, 11) is 1.43. The van der Waals surface area contributed by atoms with Gasteiger partial charge in [-0.25, -0.2) is 9.59 Å². The average molecular weight is 217 g/mol. The topological polar surface area (TPSA) is 108 Å². The summed E-state index contributed by atoms with van der Waals surface area (Å²) in [5.74, 6) is -1.52. The van der Waals surface area contributed by atoms with Gasteiger partial charge in [0.1, 0.15) is 5.54 Å². The number of carboxylic acid groups (broad SMARTS) is 1. The molecule has 0 rings (SSSR count). The minimum atomic E-state index is -1.37. The first kappa shape index (κ1) is 13.2. The summed E-state index contributed by atoms with van der Waals surface area (Å²) in [6.45, 7) is 2.49. The number of likely N-dealkylation sites (N-methyl/N-ethyl adjacent to an activating group) is 1. The van der Waals surface area contributed by atoms with Crippen LogP contribution < -0.4 is 16.0 Å². The van der Waals surface area contributed by atoms with E-state index in [0.29, 0.717) is 0 Å². The molecule has 0 saturated heterocycles. The molecule has 0 spiro atoms. The minimum absolute atomic E-state index is 0.196. The first-order chi connectivity index (χ1) is 6.79. The van der Waals surface area contributed by atoms with E-state index in [0.717, 1.165) is 0 Å². The standard InChI is InChI=1S/C8H15N3O4/c1-8(2,6(13)14)11-7(15)10-4-5(12)9-3/h4H2,1-3H3,(H,9,12)(H,13,14)(H2,10,11,15). The second-order valence-corrected chi connectivity index (χ2v) is 3.41. The van der Waals surface area contributed by atoms with Gasteiger partial charge in [-0.2, -0.15) is 0 Å². The fourth-order valence-electron chi connectivity index (χ4n) is 0.630. The maximum atomic E-state index is 11.1. The molecule has 0 saturated carbocycles. The normalized spacial score (nSPS) is 10.3. The van der Waals surface area contributed by atoms with Gasteiger partial charge in [0.15, 0.2) is 0 Å². The van der Waals surface area contributed by atoms with Crippen molar-refractivity contribution in [3.8, 4) is 0 Å². The summed E-state index contributed by atoms with van der Waals surface area (Å²) >= 11 is 0. The molecule has 0 aromatic rings. The van der Waals surface area contributed by atoms with Crippen LogP contribution in [-0.4, -0.2) is 42.1 Å². The van der Waals surface area contributed by atoms with Crippen LogP contribution in [0.15, 0.2) is 0 Å². The van der Waals surface area contributed by atoms with Crippen LogP contribution in [0, 0.1) is 0 Å². The lowest BCUT2D eigenvalue weighted by atomic mass is 10.1. The van der Waals surface area contributed by atoms with E-state index in [1.165, 1.54) is 20.9 Å². The SMILES string of the molecule is CNC(=O)CNC(=O)NC(C)(C)C(=O)O. The van der Waals surface area contributed by atoms with Crippen LogP contribution in [-0.2, 0) is 9.59 Å². The summed E-state index contributed by atoms with van der Waals surface area (Å²) in [6, 6.07) is -0.703. The van der Waals surface area contributed by atoms with E-state index in [9.17, 15) is 14.4 Å². The number of nitrogens with one attached hydrogen (secondary N) is 3. The summed E-state index contributed by atoms with van der Waals surface area (Å²) in [5, 5.41) is 15.4. The van der Waals surface area contributed by atoms with Gasteiger partial charge in [0, 0.05) is 7.05 Å². The zero-order valence-corrected chi connectivity index (χ0v) is 8.88. The Kier molecular flexibility index (Phi) is 4.56. The van der Waals surface area contributed by atoms with Gasteiger partial charge in [-0.1, -0.05) is 0 Å². The van der Waals surface area contributed by atoms with E-state index < -0.39 is 17.5 Å². The molecule has 0 aromatic carbocycles. The van der Waals surface area contributed by atoms with E-state index in [1.54, 1.807) is 0 Å². The monoisotopic (exact) mass is 217 g/mol. The molecule has 0 aliphatic heterocycles. The second-order valence-electron chi connectivity index (χ2n) is 3.41. The molecule has 0 aromatic heterocycles. The van der Waals surface area contributed by atoms with Gasteiger partial charge < -0.3 is 21.1 Å². The number of amides is 3. The van der Waals surface area contributed by atoms with Crippen LogP contribution in [0.5, 0.6) is 0 Å². The Morgan fingerprint density at radius 2 is 1.80 bits per heavy atom. The van der Waals surface area contributed by atoms with E-state index in [4.69, 9.17) is 5.11 Å². The molecular weight excluding hydrogens is 202 g/mol. The zero-order chi connectivity index (χ0) is 12.1. The lowest BCUT2D eigenvalue weighted by Crippen LogP contribution is -2.54. The van der Waals surface area contributed by atoms with Crippen LogP contribution in [0.25, 0.3) is 0 Å². The van der Waals surface area contributed by atoms with Gasteiger partial charge in [-0.05, 0) is 13.8 Å². The van der Waals surface area contributed by atoms with E-state index >= 15 is 0 Å². The molecule has 0 aliphatic carbocycles. The number of carbonyl (C=O) groups is 3. The minimum Gasteiger partial charge on any atom is -0.480 e. The highest BCUT2D eigenvalue weighted by molar-refractivity contribution is 5.88. The Bertz CT molecular complexity index is 275. The lowest BCUT2D eigenvalue weighted by molar-refractivity contribution is -0.142. The Labute approximate surface area is 87.2 Å². The number of carboxylic acids is 1. The van der Waals surface area contributed by atoms with Crippen molar-refractivity contribution in [3.05, 3.63) is 0 Å². The quantitative estimate of drug-likeness (QED) is 0.479. The first-order valence-electron chi connectivity index (χ1n) is 4.29. The average Bonchev–Trinajstić information content (AvgIpc) is 2.13. The Balaban J connectivity index is 4.04. The molecule has 0 aliphatic rings. The first-order valence-corrected chi connectivity index (χ1v) is 4.29. The highest BCUT2D eigenvalue weighted by Gasteiger charge is 2.28. The highest BCUT2D eigenvalue weighted by Crippen LogP contribution is 2.00. The summed E-state index contributed by atoms with van der Waals surface area (Å²) in [4.78, 5) is 32.5. The third kappa shape index (κ3) is 4.84. The van der Waals surface area contributed by atoms with Gasteiger partial charge in [0.05, 0.1) is 6.54 Å². The van der Waals surface area contributed by atoms with Gasteiger partial charge >= 0.3 is 12.0 Å². The second kappa shape index (κ2) is 5.18. The van der Waals surface area contributed by atoms with Crippen molar-refractivity contribution in [3.63, 3.8) is 0 Å². The molecular formula is C8H15N3O4. The largest absolute Gasteiger partial charge is 0.480 e. The lowest BCUT2D eigenvalue weighted by Gasteiger charge is -2.20. The highest BCUT2D eigenvalue weighted by atomic mass is 16.4. The Hall–Kier alpha value is -1.79. The van der Waals surface area contributed by atoms with Crippen LogP contribution in [0.1, 0.15) is 13.8 Å². The van der Waals surface area contributed by atoms with Gasteiger partial charge in [-0.15, -0.1) is 0 Å². The molecule has 0 atom stereocenters. The van der Waals surface area contributed by atoms with Crippen molar-refractivity contribution in [2.75, 3.05) is 13.6 Å². The van der Waals surface area contributed by atoms with Crippen LogP contribution in [0.3, 0.4) is 0 Å². The number of hydrogen-bond donors (Lipinski definition) is 4. The number of rotatable bonds is 4. The zero-order valence-electron chi connectivity index (χ0n) is 8.88. The van der Waals surface area contributed by atoms with E-state index in [-0.39, 0.29) is 12.5 Å².